The predicted octanol–water partition coefficient (Wildman–Crippen LogP) is 2.36. The molecular formula is C14H20ClNO2. The van der Waals surface area contributed by atoms with Crippen LogP contribution in [0.15, 0.2) is 24.3 Å². The van der Waals surface area contributed by atoms with Gasteiger partial charge in [-0.15, -0.1) is 0 Å². The zero-order chi connectivity index (χ0) is 13.5. The van der Waals surface area contributed by atoms with Crippen molar-refractivity contribution in [1.82, 2.24) is 4.90 Å². The molecule has 0 bridgehead atoms. The second-order valence-corrected chi connectivity index (χ2v) is 5.12. The van der Waals surface area contributed by atoms with E-state index < -0.39 is 0 Å². The van der Waals surface area contributed by atoms with Crippen molar-refractivity contribution in [1.29, 1.82) is 0 Å². The summed E-state index contributed by atoms with van der Waals surface area (Å²) in [6.07, 6.45) is 1.36. The van der Waals surface area contributed by atoms with Crippen molar-refractivity contribution in [3.05, 3.63) is 34.9 Å². The van der Waals surface area contributed by atoms with E-state index in [1.165, 1.54) is 5.56 Å². The molecule has 0 aliphatic rings. The third kappa shape index (κ3) is 5.07. The van der Waals surface area contributed by atoms with Gasteiger partial charge in [-0.05, 0) is 30.0 Å². The number of halogens is 1. The summed E-state index contributed by atoms with van der Waals surface area (Å²) >= 11 is 5.82. The van der Waals surface area contributed by atoms with Crippen molar-refractivity contribution in [2.75, 3.05) is 20.2 Å². The van der Waals surface area contributed by atoms with Gasteiger partial charge >= 0.3 is 0 Å². The van der Waals surface area contributed by atoms with E-state index in [0.717, 1.165) is 11.4 Å². The topological polar surface area (TPSA) is 40.5 Å². The molecule has 1 aromatic rings. The van der Waals surface area contributed by atoms with Crippen molar-refractivity contribution in [3.63, 3.8) is 0 Å². The van der Waals surface area contributed by atoms with Crippen LogP contribution in [-0.4, -0.2) is 36.1 Å². The number of amides is 1. The summed E-state index contributed by atoms with van der Waals surface area (Å²) in [6.45, 7) is 2.46. The molecule has 0 spiro atoms. The first kappa shape index (κ1) is 15.0. The molecule has 1 unspecified atom stereocenters. The highest BCUT2D eigenvalue weighted by Gasteiger charge is 2.13. The second kappa shape index (κ2) is 7.39. The maximum Gasteiger partial charge on any atom is 0.222 e. The van der Waals surface area contributed by atoms with E-state index in [-0.39, 0.29) is 18.4 Å². The summed E-state index contributed by atoms with van der Waals surface area (Å²) in [5.74, 6) is 0.352. The summed E-state index contributed by atoms with van der Waals surface area (Å²) in [7, 11) is 1.72. The number of hydrogen-bond acceptors (Lipinski definition) is 2. The smallest absolute Gasteiger partial charge is 0.222 e. The van der Waals surface area contributed by atoms with E-state index in [9.17, 15) is 4.79 Å². The van der Waals surface area contributed by atoms with E-state index >= 15 is 0 Å². The normalized spacial score (nSPS) is 12.2. The minimum absolute atomic E-state index is 0.00774. The van der Waals surface area contributed by atoms with Crippen LogP contribution >= 0.6 is 11.6 Å². The van der Waals surface area contributed by atoms with E-state index in [1.807, 2.05) is 24.3 Å². The maximum atomic E-state index is 11.8. The molecule has 0 fully saturated rings. The van der Waals surface area contributed by atoms with E-state index in [4.69, 9.17) is 16.7 Å². The largest absolute Gasteiger partial charge is 0.395 e. The number of aliphatic hydroxyl groups is 1. The lowest BCUT2D eigenvalue weighted by molar-refractivity contribution is -0.131. The number of likely N-dealkylation sites (N-methyl/N-ethyl adjacent to an activating group) is 1. The molecular weight excluding hydrogens is 250 g/mol. The van der Waals surface area contributed by atoms with Crippen molar-refractivity contribution < 1.29 is 9.90 Å². The maximum absolute atomic E-state index is 11.8. The monoisotopic (exact) mass is 269 g/mol. The summed E-state index contributed by atoms with van der Waals surface area (Å²) < 4.78 is 0. The fraction of sp³-hybridized carbons (Fsp3) is 0.500. The molecule has 100 valence electrons. The van der Waals surface area contributed by atoms with Gasteiger partial charge in [0.25, 0.3) is 0 Å². The number of rotatable bonds is 6. The van der Waals surface area contributed by atoms with Crippen molar-refractivity contribution in [2.45, 2.75) is 19.8 Å². The fourth-order valence-electron chi connectivity index (χ4n) is 1.82. The lowest BCUT2D eigenvalue weighted by atomic mass is 9.97. The fourth-order valence-corrected chi connectivity index (χ4v) is 1.95. The Kier molecular flexibility index (Phi) is 6.16. The van der Waals surface area contributed by atoms with Gasteiger partial charge in [-0.25, -0.2) is 0 Å². The predicted molar refractivity (Wildman–Crippen MR) is 73.7 cm³/mol. The highest BCUT2D eigenvalue weighted by atomic mass is 35.5. The van der Waals surface area contributed by atoms with E-state index in [0.29, 0.717) is 13.0 Å². The number of carbonyl (C=O) groups excluding carboxylic acids is 1. The Hall–Kier alpha value is -1.06. The van der Waals surface area contributed by atoms with Gasteiger partial charge < -0.3 is 10.0 Å². The van der Waals surface area contributed by atoms with Crippen LogP contribution in [-0.2, 0) is 11.2 Å². The van der Waals surface area contributed by atoms with Crippen LogP contribution in [0.5, 0.6) is 0 Å². The molecule has 1 atom stereocenters. The summed E-state index contributed by atoms with van der Waals surface area (Å²) in [4.78, 5) is 13.3. The van der Waals surface area contributed by atoms with Crippen LogP contribution in [0, 0.1) is 5.92 Å². The lowest BCUT2D eigenvalue weighted by Gasteiger charge is -2.18. The van der Waals surface area contributed by atoms with Crippen LogP contribution in [0.1, 0.15) is 18.9 Å². The van der Waals surface area contributed by atoms with Crippen molar-refractivity contribution >= 4 is 17.5 Å². The van der Waals surface area contributed by atoms with Crippen LogP contribution in [0.3, 0.4) is 0 Å². The summed E-state index contributed by atoms with van der Waals surface area (Å²) in [5, 5.41) is 9.50. The van der Waals surface area contributed by atoms with Gasteiger partial charge in [0.2, 0.25) is 5.91 Å². The summed E-state index contributed by atoms with van der Waals surface area (Å²) in [5.41, 5.74) is 1.18. The van der Waals surface area contributed by atoms with Gasteiger partial charge in [-0.3, -0.25) is 4.79 Å². The van der Waals surface area contributed by atoms with Gasteiger partial charge in [0.15, 0.2) is 0 Å². The Bertz CT molecular complexity index is 378. The molecule has 1 rings (SSSR count). The van der Waals surface area contributed by atoms with Gasteiger partial charge in [0, 0.05) is 25.0 Å². The Morgan fingerprint density at radius 2 is 2.00 bits per heavy atom. The van der Waals surface area contributed by atoms with Gasteiger partial charge in [-0.1, -0.05) is 30.7 Å². The van der Waals surface area contributed by atoms with Gasteiger partial charge in [0.05, 0.1) is 6.61 Å². The van der Waals surface area contributed by atoms with Crippen LogP contribution in [0.25, 0.3) is 0 Å². The number of hydrogen-bond donors (Lipinski definition) is 1. The molecule has 1 aromatic carbocycles. The summed E-state index contributed by atoms with van der Waals surface area (Å²) in [6, 6.07) is 7.70. The van der Waals surface area contributed by atoms with Crippen molar-refractivity contribution in [3.8, 4) is 0 Å². The number of benzene rings is 1. The molecule has 0 aromatic heterocycles. The molecule has 4 heteroatoms. The minimum Gasteiger partial charge on any atom is -0.395 e. The average Bonchev–Trinajstić information content (AvgIpc) is 2.32. The molecule has 3 nitrogen and oxygen atoms in total. The van der Waals surface area contributed by atoms with Gasteiger partial charge in [-0.2, -0.15) is 0 Å². The third-order valence-corrected chi connectivity index (χ3v) is 3.13. The van der Waals surface area contributed by atoms with E-state index in [2.05, 4.69) is 6.92 Å². The van der Waals surface area contributed by atoms with Crippen LogP contribution in [0.4, 0.5) is 0 Å². The highest BCUT2D eigenvalue weighted by Crippen LogP contribution is 2.15. The number of nitrogens with zero attached hydrogens (tertiary/aromatic N) is 1. The minimum atomic E-state index is 0.00774. The van der Waals surface area contributed by atoms with Gasteiger partial charge in [0.1, 0.15) is 0 Å². The SMILES string of the molecule is CC(CC(=O)N(C)CCO)Cc1ccc(Cl)cc1. The molecule has 0 saturated carbocycles. The lowest BCUT2D eigenvalue weighted by Crippen LogP contribution is -2.30. The molecule has 18 heavy (non-hydrogen) atoms. The number of aliphatic hydroxyl groups excluding tert-OH is 1. The Morgan fingerprint density at radius 3 is 2.56 bits per heavy atom. The Labute approximate surface area is 113 Å². The van der Waals surface area contributed by atoms with Crippen LogP contribution < -0.4 is 0 Å². The molecule has 0 aliphatic carbocycles. The quantitative estimate of drug-likeness (QED) is 0.861. The Morgan fingerprint density at radius 1 is 1.39 bits per heavy atom. The highest BCUT2D eigenvalue weighted by molar-refractivity contribution is 6.30. The van der Waals surface area contributed by atoms with Crippen LogP contribution in [0.2, 0.25) is 5.02 Å². The molecule has 1 N–H and O–H groups in total. The zero-order valence-corrected chi connectivity index (χ0v) is 11.7. The Balaban J connectivity index is 2.43. The first-order chi connectivity index (χ1) is 8.52. The second-order valence-electron chi connectivity index (χ2n) is 4.68. The standard InChI is InChI=1S/C14H20ClNO2/c1-11(10-14(18)16(2)7-8-17)9-12-3-5-13(15)6-4-12/h3-6,11,17H,7-10H2,1-2H3. The molecule has 0 aliphatic heterocycles. The molecule has 0 saturated heterocycles. The van der Waals surface area contributed by atoms with E-state index in [1.54, 1.807) is 11.9 Å². The third-order valence-electron chi connectivity index (χ3n) is 2.88. The number of carbonyl (C=O) groups is 1. The molecule has 1 amide bonds. The average molecular weight is 270 g/mol. The van der Waals surface area contributed by atoms with Crippen molar-refractivity contribution in [2.24, 2.45) is 5.92 Å². The zero-order valence-electron chi connectivity index (χ0n) is 10.9. The molecule has 0 radical (unpaired) electrons. The first-order valence-corrected chi connectivity index (χ1v) is 6.50. The first-order valence-electron chi connectivity index (χ1n) is 6.12. The molecule has 0 heterocycles.